The minimum Gasteiger partial charge on any atom is -0.289 e. The summed E-state index contributed by atoms with van der Waals surface area (Å²) >= 11 is 3.43. The minimum atomic E-state index is -0.0814. The van der Waals surface area contributed by atoms with Crippen LogP contribution in [-0.4, -0.2) is 11.6 Å². The van der Waals surface area contributed by atoms with E-state index in [2.05, 4.69) is 15.9 Å². The zero-order valence-corrected chi connectivity index (χ0v) is 12.5. The summed E-state index contributed by atoms with van der Waals surface area (Å²) in [5.41, 5.74) is 1.98. The first-order valence-electron chi connectivity index (χ1n) is 6.57. The van der Waals surface area contributed by atoms with Gasteiger partial charge in [-0.3, -0.25) is 9.59 Å². The van der Waals surface area contributed by atoms with Crippen LogP contribution < -0.4 is 0 Å². The number of hydrogen-bond donors (Lipinski definition) is 0. The Hall–Kier alpha value is -2.26. The molecule has 0 N–H and O–H groups in total. The molecule has 0 fully saturated rings. The Labute approximate surface area is 129 Å². The SMILES string of the molecule is O=C1c2ccccc2C(=O)c2c1ccc1ccc(Br)cc21. The lowest BCUT2D eigenvalue weighted by atomic mass is 9.82. The van der Waals surface area contributed by atoms with Crippen molar-refractivity contribution in [3.8, 4) is 0 Å². The third-order valence-corrected chi connectivity index (χ3v) is 4.36. The van der Waals surface area contributed by atoms with E-state index in [0.29, 0.717) is 22.3 Å². The zero-order chi connectivity index (χ0) is 14.6. The molecule has 0 aromatic heterocycles. The number of halogens is 1. The van der Waals surface area contributed by atoms with Crippen LogP contribution in [0.1, 0.15) is 31.8 Å². The van der Waals surface area contributed by atoms with Crippen LogP contribution in [-0.2, 0) is 0 Å². The van der Waals surface area contributed by atoms with Gasteiger partial charge in [-0.15, -0.1) is 0 Å². The molecule has 21 heavy (non-hydrogen) atoms. The molecule has 3 aromatic carbocycles. The van der Waals surface area contributed by atoms with E-state index in [1.807, 2.05) is 24.3 Å². The Bertz CT molecular complexity index is 941. The van der Waals surface area contributed by atoms with Crippen molar-refractivity contribution in [1.29, 1.82) is 0 Å². The molecule has 0 unspecified atom stereocenters. The molecule has 0 saturated heterocycles. The molecule has 100 valence electrons. The van der Waals surface area contributed by atoms with Gasteiger partial charge in [-0.25, -0.2) is 0 Å². The van der Waals surface area contributed by atoms with Gasteiger partial charge in [-0.2, -0.15) is 0 Å². The van der Waals surface area contributed by atoms with Crippen molar-refractivity contribution in [3.05, 3.63) is 81.3 Å². The maximum absolute atomic E-state index is 12.8. The Morgan fingerprint density at radius 2 is 1.38 bits per heavy atom. The average Bonchev–Trinajstić information content (AvgIpc) is 2.51. The molecule has 3 heteroatoms. The van der Waals surface area contributed by atoms with Gasteiger partial charge in [0, 0.05) is 26.7 Å². The third-order valence-electron chi connectivity index (χ3n) is 3.87. The number of carbonyl (C=O) groups excluding carboxylic acids is 2. The molecule has 4 rings (SSSR count). The average molecular weight is 337 g/mol. The van der Waals surface area contributed by atoms with Crippen LogP contribution in [0.2, 0.25) is 0 Å². The van der Waals surface area contributed by atoms with Crippen molar-refractivity contribution >= 4 is 38.3 Å². The van der Waals surface area contributed by atoms with E-state index >= 15 is 0 Å². The molecular weight excluding hydrogens is 328 g/mol. The minimum absolute atomic E-state index is 0.0797. The number of rotatable bonds is 0. The molecule has 0 amide bonds. The van der Waals surface area contributed by atoms with Crippen molar-refractivity contribution in [2.75, 3.05) is 0 Å². The van der Waals surface area contributed by atoms with Crippen LogP contribution in [0.25, 0.3) is 10.8 Å². The monoisotopic (exact) mass is 336 g/mol. The molecule has 0 radical (unpaired) electrons. The first kappa shape index (κ1) is 12.5. The standard InChI is InChI=1S/C18H9BrO2/c19-11-7-5-10-6-8-14-16(15(10)9-11)18(21)13-4-2-1-3-12(13)17(14)20/h1-9H. The molecule has 0 atom stereocenters. The highest BCUT2D eigenvalue weighted by Gasteiger charge is 2.30. The molecule has 0 spiro atoms. The summed E-state index contributed by atoms with van der Waals surface area (Å²) in [5.74, 6) is -0.161. The fourth-order valence-electron chi connectivity index (χ4n) is 2.88. The van der Waals surface area contributed by atoms with E-state index < -0.39 is 0 Å². The summed E-state index contributed by atoms with van der Waals surface area (Å²) in [6, 6.07) is 16.4. The van der Waals surface area contributed by atoms with Gasteiger partial charge in [0.05, 0.1) is 0 Å². The summed E-state index contributed by atoms with van der Waals surface area (Å²) in [6.45, 7) is 0. The first-order chi connectivity index (χ1) is 10.2. The van der Waals surface area contributed by atoms with Gasteiger partial charge in [0.15, 0.2) is 11.6 Å². The van der Waals surface area contributed by atoms with Crippen LogP contribution in [0.3, 0.4) is 0 Å². The summed E-state index contributed by atoms with van der Waals surface area (Å²) in [7, 11) is 0. The highest BCUT2D eigenvalue weighted by atomic mass is 79.9. The number of hydrogen-bond acceptors (Lipinski definition) is 2. The topological polar surface area (TPSA) is 34.1 Å². The summed E-state index contributed by atoms with van der Waals surface area (Å²) in [6.07, 6.45) is 0. The van der Waals surface area contributed by atoms with Crippen LogP contribution in [0.4, 0.5) is 0 Å². The van der Waals surface area contributed by atoms with Crippen molar-refractivity contribution in [2.24, 2.45) is 0 Å². The molecule has 3 aromatic rings. The Kier molecular flexibility index (Phi) is 2.59. The highest BCUT2D eigenvalue weighted by Crippen LogP contribution is 2.33. The second-order valence-corrected chi connectivity index (χ2v) is 5.97. The summed E-state index contributed by atoms with van der Waals surface area (Å²) in [4.78, 5) is 25.4. The maximum atomic E-state index is 12.8. The molecule has 2 nitrogen and oxygen atoms in total. The second kappa shape index (κ2) is 4.37. The second-order valence-electron chi connectivity index (χ2n) is 5.06. The van der Waals surface area contributed by atoms with Gasteiger partial charge in [-0.1, -0.05) is 52.3 Å². The fraction of sp³-hybridized carbons (Fsp3) is 0. The summed E-state index contributed by atoms with van der Waals surface area (Å²) < 4.78 is 0.891. The molecule has 0 saturated carbocycles. The highest BCUT2D eigenvalue weighted by molar-refractivity contribution is 9.10. The Morgan fingerprint density at radius 1 is 0.714 bits per heavy atom. The van der Waals surface area contributed by atoms with E-state index in [4.69, 9.17) is 0 Å². The largest absolute Gasteiger partial charge is 0.289 e. The van der Waals surface area contributed by atoms with E-state index in [-0.39, 0.29) is 11.6 Å². The van der Waals surface area contributed by atoms with Crippen molar-refractivity contribution in [2.45, 2.75) is 0 Å². The number of fused-ring (bicyclic) bond motifs is 4. The lowest BCUT2D eigenvalue weighted by molar-refractivity contribution is 0.0980. The zero-order valence-electron chi connectivity index (χ0n) is 10.9. The fourth-order valence-corrected chi connectivity index (χ4v) is 3.25. The van der Waals surface area contributed by atoms with E-state index in [1.165, 1.54) is 0 Å². The third kappa shape index (κ3) is 1.71. The van der Waals surface area contributed by atoms with Gasteiger partial charge < -0.3 is 0 Å². The van der Waals surface area contributed by atoms with Gasteiger partial charge in [0.1, 0.15) is 0 Å². The van der Waals surface area contributed by atoms with Crippen molar-refractivity contribution in [1.82, 2.24) is 0 Å². The lowest BCUT2D eigenvalue weighted by Gasteiger charge is -2.19. The van der Waals surface area contributed by atoms with Gasteiger partial charge in [-0.05, 0) is 29.0 Å². The van der Waals surface area contributed by atoms with Crippen molar-refractivity contribution < 1.29 is 9.59 Å². The smallest absolute Gasteiger partial charge is 0.195 e. The van der Waals surface area contributed by atoms with Crippen molar-refractivity contribution in [3.63, 3.8) is 0 Å². The van der Waals surface area contributed by atoms with Crippen LogP contribution >= 0.6 is 15.9 Å². The van der Waals surface area contributed by atoms with Gasteiger partial charge in [0.25, 0.3) is 0 Å². The van der Waals surface area contributed by atoms with Crippen LogP contribution in [0.5, 0.6) is 0 Å². The Morgan fingerprint density at radius 3 is 2.14 bits per heavy atom. The predicted octanol–water partition coefficient (Wildman–Crippen LogP) is 4.38. The Balaban J connectivity index is 2.13. The predicted molar refractivity (Wildman–Crippen MR) is 85.0 cm³/mol. The van der Waals surface area contributed by atoms with Gasteiger partial charge in [0.2, 0.25) is 0 Å². The van der Waals surface area contributed by atoms with Crippen LogP contribution in [0, 0.1) is 0 Å². The summed E-state index contributed by atoms with van der Waals surface area (Å²) in [5, 5.41) is 1.77. The van der Waals surface area contributed by atoms with E-state index in [9.17, 15) is 9.59 Å². The molecular formula is C18H9BrO2. The molecule has 0 heterocycles. The van der Waals surface area contributed by atoms with E-state index in [1.54, 1.807) is 30.3 Å². The van der Waals surface area contributed by atoms with Gasteiger partial charge >= 0.3 is 0 Å². The normalized spacial score (nSPS) is 13.2. The molecule has 1 aliphatic rings. The number of carbonyl (C=O) groups is 2. The molecule has 1 aliphatic carbocycles. The molecule has 0 bridgehead atoms. The molecule has 0 aliphatic heterocycles. The van der Waals surface area contributed by atoms with Crippen LogP contribution in [0.15, 0.2) is 59.1 Å². The maximum Gasteiger partial charge on any atom is 0.195 e. The number of benzene rings is 3. The van der Waals surface area contributed by atoms with E-state index in [0.717, 1.165) is 15.2 Å². The quantitative estimate of drug-likeness (QED) is 0.477. The number of ketones is 2. The lowest BCUT2D eigenvalue weighted by Crippen LogP contribution is -2.21. The first-order valence-corrected chi connectivity index (χ1v) is 7.37.